The predicted octanol–water partition coefficient (Wildman–Crippen LogP) is 6.37. The maximum absolute atomic E-state index is 13.5. The third-order valence-corrected chi connectivity index (χ3v) is 7.92. The van der Waals surface area contributed by atoms with Gasteiger partial charge in [-0.2, -0.15) is 0 Å². The van der Waals surface area contributed by atoms with Crippen LogP contribution in [0.15, 0.2) is 0 Å². The van der Waals surface area contributed by atoms with Crippen molar-refractivity contribution in [3.8, 4) is 0 Å². The predicted molar refractivity (Wildman–Crippen MR) is 195 cm³/mol. The number of unbranched alkanes of at least 4 members (excludes halogenated alkanes) is 8. The van der Waals surface area contributed by atoms with Gasteiger partial charge >= 0.3 is 17.9 Å². The van der Waals surface area contributed by atoms with Gasteiger partial charge in [-0.1, -0.05) is 44.9 Å². The molecule has 0 unspecified atom stereocenters. The lowest BCUT2D eigenvalue weighted by molar-refractivity contribution is -0.183. The summed E-state index contributed by atoms with van der Waals surface area (Å²) in [5.41, 5.74) is -1.90. The molecule has 2 N–H and O–H groups in total. The first-order chi connectivity index (χ1) is 23.8. The van der Waals surface area contributed by atoms with Crippen molar-refractivity contribution in [3.05, 3.63) is 0 Å². The molecular weight excluding hydrogens is 658 g/mol. The minimum atomic E-state index is -0.669. The zero-order chi connectivity index (χ0) is 38.5. The van der Waals surface area contributed by atoms with Crippen LogP contribution in [0.2, 0.25) is 0 Å². The molecule has 0 aliphatic heterocycles. The Hall–Kier alpha value is -2.28. The summed E-state index contributed by atoms with van der Waals surface area (Å²) < 4.78 is 35.0. The normalized spacial score (nSPS) is 19.7. The number of ether oxygens (including phenoxy) is 6. The average Bonchev–Trinajstić information content (AvgIpc) is 2.98. The monoisotopic (exact) mass is 730 g/mol. The van der Waals surface area contributed by atoms with Crippen molar-refractivity contribution in [2.75, 3.05) is 33.0 Å². The molecular formula is C39H71NO11. The fraction of sp³-hybridized carbons (Fsp3) is 0.897. The number of hydrogen-bond acceptors (Lipinski definition) is 11. The summed E-state index contributed by atoms with van der Waals surface area (Å²) in [5.74, 6) is -1.76. The molecule has 0 saturated heterocycles. The first-order valence-electron chi connectivity index (χ1n) is 19.2. The van der Waals surface area contributed by atoms with E-state index in [1.165, 1.54) is 12.8 Å². The molecule has 1 amide bonds. The number of rotatable bonds is 24. The van der Waals surface area contributed by atoms with E-state index in [2.05, 4.69) is 5.32 Å². The van der Waals surface area contributed by atoms with Crippen LogP contribution in [-0.4, -0.2) is 97.0 Å². The fourth-order valence-corrected chi connectivity index (χ4v) is 5.79. The van der Waals surface area contributed by atoms with Gasteiger partial charge in [0.15, 0.2) is 0 Å². The van der Waals surface area contributed by atoms with E-state index >= 15 is 0 Å². The Bertz CT molecular complexity index is 968. The van der Waals surface area contributed by atoms with Crippen LogP contribution in [0.25, 0.3) is 0 Å². The zero-order valence-electron chi connectivity index (χ0n) is 33.3. The number of esters is 3. The van der Waals surface area contributed by atoms with Crippen molar-refractivity contribution in [1.82, 2.24) is 5.32 Å². The van der Waals surface area contributed by atoms with Gasteiger partial charge in [0.05, 0.1) is 51.3 Å². The van der Waals surface area contributed by atoms with E-state index in [1.54, 1.807) is 62.3 Å². The van der Waals surface area contributed by atoms with Crippen LogP contribution < -0.4 is 5.32 Å². The van der Waals surface area contributed by atoms with E-state index in [9.17, 15) is 19.2 Å². The number of nitrogens with one attached hydrogen (secondary N) is 1. The second kappa shape index (κ2) is 24.1. The van der Waals surface area contributed by atoms with Gasteiger partial charge in [-0.3, -0.25) is 19.2 Å². The van der Waals surface area contributed by atoms with Gasteiger partial charge in [0.25, 0.3) is 0 Å². The van der Waals surface area contributed by atoms with Gasteiger partial charge in [0.1, 0.15) is 22.9 Å². The Balaban J connectivity index is 2.95. The number of aliphatic hydroxyl groups excluding tert-OH is 1. The van der Waals surface area contributed by atoms with Gasteiger partial charge in [-0.25, -0.2) is 0 Å². The van der Waals surface area contributed by atoms with Crippen molar-refractivity contribution in [2.24, 2.45) is 5.92 Å². The van der Waals surface area contributed by atoms with Gasteiger partial charge in [0.2, 0.25) is 5.91 Å². The van der Waals surface area contributed by atoms with E-state index in [4.69, 9.17) is 33.5 Å². The average molecular weight is 730 g/mol. The lowest BCUT2D eigenvalue weighted by Gasteiger charge is -2.40. The van der Waals surface area contributed by atoms with Crippen LogP contribution in [0.4, 0.5) is 0 Å². The lowest BCUT2D eigenvalue weighted by Crippen LogP contribution is -2.52. The molecule has 1 fully saturated rings. The molecule has 1 saturated carbocycles. The maximum Gasteiger partial charge on any atom is 0.308 e. The Morgan fingerprint density at radius 1 is 0.549 bits per heavy atom. The second-order valence-electron chi connectivity index (χ2n) is 16.5. The van der Waals surface area contributed by atoms with Crippen LogP contribution in [0.5, 0.6) is 0 Å². The molecule has 1 aliphatic rings. The summed E-state index contributed by atoms with van der Waals surface area (Å²) in [6.07, 6.45) is 8.46. The third kappa shape index (κ3) is 24.6. The third-order valence-electron chi connectivity index (χ3n) is 7.92. The molecule has 0 heterocycles. The van der Waals surface area contributed by atoms with E-state index in [0.717, 1.165) is 44.9 Å². The molecule has 298 valence electrons. The van der Waals surface area contributed by atoms with Crippen molar-refractivity contribution in [3.63, 3.8) is 0 Å². The highest BCUT2D eigenvalue weighted by Crippen LogP contribution is 2.32. The molecule has 0 bridgehead atoms. The largest absolute Gasteiger partial charge is 0.460 e. The molecule has 12 nitrogen and oxygen atoms in total. The van der Waals surface area contributed by atoms with Crippen LogP contribution in [-0.2, 0) is 47.6 Å². The summed E-state index contributed by atoms with van der Waals surface area (Å²) in [7, 11) is 0. The number of carbonyl (C=O) groups is 4. The molecule has 0 aromatic carbocycles. The summed E-state index contributed by atoms with van der Waals surface area (Å²) in [4.78, 5) is 50.8. The first-order valence-corrected chi connectivity index (χ1v) is 19.2. The highest BCUT2D eigenvalue weighted by atomic mass is 16.6. The van der Waals surface area contributed by atoms with Crippen molar-refractivity contribution >= 4 is 23.8 Å². The van der Waals surface area contributed by atoms with E-state index in [1.807, 2.05) is 0 Å². The van der Waals surface area contributed by atoms with Crippen LogP contribution in [0.3, 0.4) is 0 Å². The molecule has 0 spiro atoms. The summed E-state index contributed by atoms with van der Waals surface area (Å²) in [6.45, 7) is 17.1. The van der Waals surface area contributed by atoms with Gasteiger partial charge in [-0.05, 0) is 88.0 Å². The smallest absolute Gasteiger partial charge is 0.308 e. The molecule has 12 heteroatoms. The second-order valence-corrected chi connectivity index (χ2v) is 16.5. The van der Waals surface area contributed by atoms with Gasteiger partial charge < -0.3 is 38.8 Å². The summed E-state index contributed by atoms with van der Waals surface area (Å²) >= 11 is 0. The number of amides is 1. The molecule has 0 aromatic rings. The van der Waals surface area contributed by atoms with Gasteiger partial charge in [-0.15, -0.1) is 0 Å². The standard InChI is InChI=1S/C39H71NO11/c1-37(2,3)49-32(42)19-24-46-30-27-29(36(45)40-22-17-15-13-11-10-12-14-16-18-23-41)28-31(47-25-20-33(43)50-38(4,5)6)35(30)48-26-21-34(44)51-39(7,8)9/h29-31,35,41H,10-28H2,1-9H3,(H,40,45)/t29?,30-,31-,35?/m1/s1. The Kier molecular flexibility index (Phi) is 22.1. The first kappa shape index (κ1) is 46.7. The SMILES string of the molecule is CC(C)(C)OC(=O)CCOC1[C@H](OCCC(=O)OC(C)(C)C)CC(C(=O)NCCCCCCCCCCCO)C[C@H]1OCCC(=O)OC(C)(C)C. The van der Waals surface area contributed by atoms with Gasteiger partial charge in [0, 0.05) is 19.1 Å². The maximum atomic E-state index is 13.5. The fourth-order valence-electron chi connectivity index (χ4n) is 5.79. The zero-order valence-corrected chi connectivity index (χ0v) is 33.3. The Morgan fingerprint density at radius 2 is 0.902 bits per heavy atom. The molecule has 1 rings (SSSR count). The molecule has 51 heavy (non-hydrogen) atoms. The van der Waals surface area contributed by atoms with Crippen molar-refractivity contribution in [2.45, 2.75) is 187 Å². The minimum absolute atomic E-state index is 0.0106. The van der Waals surface area contributed by atoms with E-state index in [-0.39, 0.29) is 51.6 Å². The highest BCUT2D eigenvalue weighted by molar-refractivity contribution is 5.79. The van der Waals surface area contributed by atoms with Crippen LogP contribution >= 0.6 is 0 Å². The topological polar surface area (TPSA) is 156 Å². The highest BCUT2D eigenvalue weighted by Gasteiger charge is 2.43. The van der Waals surface area contributed by atoms with Crippen molar-refractivity contribution < 1.29 is 52.7 Å². The Morgan fingerprint density at radius 3 is 1.27 bits per heavy atom. The minimum Gasteiger partial charge on any atom is -0.460 e. The molecule has 2 atom stereocenters. The number of hydrogen-bond donors (Lipinski definition) is 2. The summed E-state index contributed by atoms with van der Waals surface area (Å²) in [5, 5.41) is 12.0. The number of carbonyl (C=O) groups excluding carboxylic acids is 4. The van der Waals surface area contributed by atoms with Crippen molar-refractivity contribution in [1.29, 1.82) is 0 Å². The van der Waals surface area contributed by atoms with Crippen LogP contribution in [0.1, 0.15) is 152 Å². The lowest BCUT2D eigenvalue weighted by atomic mass is 9.82. The molecule has 0 radical (unpaired) electrons. The quantitative estimate of drug-likeness (QED) is 0.0647. The summed E-state index contributed by atoms with van der Waals surface area (Å²) in [6, 6.07) is 0. The Labute approximate surface area is 307 Å². The van der Waals surface area contributed by atoms with Crippen LogP contribution in [0, 0.1) is 5.92 Å². The van der Waals surface area contributed by atoms with E-state index in [0.29, 0.717) is 19.4 Å². The molecule has 0 aromatic heterocycles. The molecule has 1 aliphatic carbocycles. The number of aliphatic hydroxyl groups is 1. The van der Waals surface area contributed by atoms with E-state index < -0.39 is 58.9 Å².